The van der Waals surface area contributed by atoms with Crippen molar-refractivity contribution in [1.29, 1.82) is 0 Å². The number of benzene rings is 1. The molecule has 0 bridgehead atoms. The van der Waals surface area contributed by atoms with E-state index in [1.165, 1.54) is 0 Å². The predicted octanol–water partition coefficient (Wildman–Crippen LogP) is 4.39. The minimum atomic E-state index is 0.236. The minimum Gasteiger partial charge on any atom is -0.507 e. The van der Waals surface area contributed by atoms with Crippen LogP contribution in [0.3, 0.4) is 0 Å². The van der Waals surface area contributed by atoms with Crippen molar-refractivity contribution in [3.8, 4) is 5.75 Å². The summed E-state index contributed by atoms with van der Waals surface area (Å²) >= 11 is 5.94. The van der Waals surface area contributed by atoms with E-state index in [0.29, 0.717) is 5.02 Å². The van der Waals surface area contributed by atoms with E-state index in [-0.39, 0.29) is 5.75 Å². The number of phenols is 1. The number of halogens is 1. The van der Waals surface area contributed by atoms with Crippen LogP contribution in [-0.2, 0) is 0 Å². The first kappa shape index (κ1) is 12.7. The topological polar surface area (TPSA) is 33.1 Å². The molecule has 1 N–H and O–H groups in total. The van der Waals surface area contributed by atoms with Gasteiger partial charge in [-0.1, -0.05) is 18.5 Å². The molecule has 1 heterocycles. The van der Waals surface area contributed by atoms with Crippen molar-refractivity contribution in [2.24, 2.45) is 0 Å². The second kappa shape index (κ2) is 5.69. The summed E-state index contributed by atoms with van der Waals surface area (Å²) < 4.78 is 0. The van der Waals surface area contributed by atoms with Gasteiger partial charge in [0.2, 0.25) is 0 Å². The van der Waals surface area contributed by atoms with Gasteiger partial charge in [0.15, 0.2) is 0 Å². The molecule has 92 valence electrons. The second-order valence-electron chi connectivity index (χ2n) is 3.96. The standard InChI is InChI=1S/C15H14ClNO/c1-2-11(12-5-7-17-8-6-12)9-13-10-14(16)3-4-15(13)18/h3-10,18H,2H2,1H3/b11-9+. The molecule has 0 aliphatic heterocycles. The van der Waals surface area contributed by atoms with Gasteiger partial charge in [-0.2, -0.15) is 0 Å². The molecule has 3 heteroatoms. The molecule has 2 rings (SSSR count). The third-order valence-corrected chi connectivity index (χ3v) is 2.99. The normalized spacial score (nSPS) is 11.6. The molecule has 0 amide bonds. The van der Waals surface area contributed by atoms with E-state index in [0.717, 1.165) is 23.1 Å². The van der Waals surface area contributed by atoms with E-state index < -0.39 is 0 Å². The maximum atomic E-state index is 9.81. The van der Waals surface area contributed by atoms with Gasteiger partial charge in [0.1, 0.15) is 5.75 Å². The van der Waals surface area contributed by atoms with E-state index in [9.17, 15) is 5.11 Å². The Morgan fingerprint density at radius 1 is 1.28 bits per heavy atom. The van der Waals surface area contributed by atoms with Gasteiger partial charge >= 0.3 is 0 Å². The zero-order valence-electron chi connectivity index (χ0n) is 10.1. The van der Waals surface area contributed by atoms with Crippen molar-refractivity contribution in [3.63, 3.8) is 0 Å². The first-order valence-electron chi connectivity index (χ1n) is 5.80. The number of aromatic nitrogens is 1. The zero-order chi connectivity index (χ0) is 13.0. The molecular formula is C15H14ClNO. The maximum absolute atomic E-state index is 9.81. The summed E-state index contributed by atoms with van der Waals surface area (Å²) in [6, 6.07) is 8.95. The Hall–Kier alpha value is -1.80. The molecule has 0 radical (unpaired) electrons. The van der Waals surface area contributed by atoms with Crippen LogP contribution in [0, 0.1) is 0 Å². The molecule has 1 aromatic carbocycles. The van der Waals surface area contributed by atoms with Gasteiger partial charge in [0.25, 0.3) is 0 Å². The minimum absolute atomic E-state index is 0.236. The average Bonchev–Trinajstić information content (AvgIpc) is 2.41. The zero-order valence-corrected chi connectivity index (χ0v) is 10.9. The summed E-state index contributed by atoms with van der Waals surface area (Å²) in [5.74, 6) is 0.236. The van der Waals surface area contributed by atoms with Crippen LogP contribution in [0.1, 0.15) is 24.5 Å². The van der Waals surface area contributed by atoms with Crippen LogP contribution in [0.5, 0.6) is 5.75 Å². The Kier molecular flexibility index (Phi) is 4.00. The molecule has 1 aromatic heterocycles. The molecule has 0 aliphatic carbocycles. The Morgan fingerprint density at radius 2 is 2.00 bits per heavy atom. The van der Waals surface area contributed by atoms with Crippen LogP contribution in [0.4, 0.5) is 0 Å². The fourth-order valence-electron chi connectivity index (χ4n) is 1.78. The smallest absolute Gasteiger partial charge is 0.122 e. The van der Waals surface area contributed by atoms with Gasteiger partial charge < -0.3 is 5.11 Å². The maximum Gasteiger partial charge on any atom is 0.122 e. The van der Waals surface area contributed by atoms with E-state index in [2.05, 4.69) is 11.9 Å². The van der Waals surface area contributed by atoms with Gasteiger partial charge in [-0.25, -0.2) is 0 Å². The molecule has 0 unspecified atom stereocenters. The lowest BCUT2D eigenvalue weighted by Crippen LogP contribution is -1.84. The van der Waals surface area contributed by atoms with Crippen molar-refractivity contribution in [3.05, 3.63) is 58.9 Å². The Bertz CT molecular complexity index is 564. The van der Waals surface area contributed by atoms with Gasteiger partial charge in [-0.15, -0.1) is 0 Å². The highest BCUT2D eigenvalue weighted by atomic mass is 35.5. The fraction of sp³-hybridized carbons (Fsp3) is 0.133. The molecule has 0 saturated heterocycles. The highest BCUT2D eigenvalue weighted by Gasteiger charge is 2.03. The fourth-order valence-corrected chi connectivity index (χ4v) is 1.96. The third-order valence-electron chi connectivity index (χ3n) is 2.75. The highest BCUT2D eigenvalue weighted by molar-refractivity contribution is 6.30. The summed E-state index contributed by atoms with van der Waals surface area (Å²) in [7, 11) is 0. The largest absolute Gasteiger partial charge is 0.507 e. The number of allylic oxidation sites excluding steroid dienone is 1. The van der Waals surface area contributed by atoms with Crippen molar-refractivity contribution < 1.29 is 5.11 Å². The monoisotopic (exact) mass is 259 g/mol. The number of aromatic hydroxyl groups is 1. The van der Waals surface area contributed by atoms with E-state index in [4.69, 9.17) is 11.6 Å². The summed E-state index contributed by atoms with van der Waals surface area (Å²) in [5, 5.41) is 10.4. The Labute approximate surface area is 112 Å². The van der Waals surface area contributed by atoms with Crippen LogP contribution in [0.25, 0.3) is 11.6 Å². The van der Waals surface area contributed by atoms with Crippen LogP contribution >= 0.6 is 11.6 Å². The molecule has 0 saturated carbocycles. The molecule has 0 aliphatic rings. The lowest BCUT2D eigenvalue weighted by molar-refractivity contribution is 0.474. The third kappa shape index (κ3) is 2.90. The van der Waals surface area contributed by atoms with Gasteiger partial charge in [-0.3, -0.25) is 4.98 Å². The number of nitrogens with zero attached hydrogens (tertiary/aromatic N) is 1. The van der Waals surface area contributed by atoms with Crippen molar-refractivity contribution in [2.75, 3.05) is 0 Å². The number of hydrogen-bond donors (Lipinski definition) is 1. The van der Waals surface area contributed by atoms with Crippen LogP contribution < -0.4 is 0 Å². The summed E-state index contributed by atoms with van der Waals surface area (Å²) in [4.78, 5) is 4.00. The summed E-state index contributed by atoms with van der Waals surface area (Å²) in [5.41, 5.74) is 2.97. The lowest BCUT2D eigenvalue weighted by Gasteiger charge is -2.06. The van der Waals surface area contributed by atoms with Gasteiger partial charge in [-0.05, 0) is 54.0 Å². The predicted molar refractivity (Wildman–Crippen MR) is 75.5 cm³/mol. The van der Waals surface area contributed by atoms with E-state index in [1.54, 1.807) is 30.6 Å². The van der Waals surface area contributed by atoms with E-state index >= 15 is 0 Å². The molecule has 2 aromatic rings. The van der Waals surface area contributed by atoms with Crippen LogP contribution in [0.15, 0.2) is 42.7 Å². The molecule has 0 fully saturated rings. The van der Waals surface area contributed by atoms with Crippen molar-refractivity contribution in [2.45, 2.75) is 13.3 Å². The Morgan fingerprint density at radius 3 is 2.67 bits per heavy atom. The Balaban J connectivity index is 2.44. The first-order chi connectivity index (χ1) is 8.70. The summed E-state index contributed by atoms with van der Waals surface area (Å²) in [6.45, 7) is 2.08. The van der Waals surface area contributed by atoms with Gasteiger partial charge in [0, 0.05) is 23.0 Å². The molecular weight excluding hydrogens is 246 g/mol. The molecule has 0 atom stereocenters. The summed E-state index contributed by atoms with van der Waals surface area (Å²) in [6.07, 6.45) is 6.35. The van der Waals surface area contributed by atoms with Crippen LogP contribution in [-0.4, -0.2) is 10.1 Å². The first-order valence-corrected chi connectivity index (χ1v) is 6.18. The highest BCUT2D eigenvalue weighted by Crippen LogP contribution is 2.27. The van der Waals surface area contributed by atoms with E-state index in [1.807, 2.05) is 18.2 Å². The molecule has 0 spiro atoms. The average molecular weight is 260 g/mol. The van der Waals surface area contributed by atoms with Crippen LogP contribution in [0.2, 0.25) is 5.02 Å². The number of rotatable bonds is 3. The number of phenolic OH excluding ortho intramolecular Hbond substituents is 1. The quantitative estimate of drug-likeness (QED) is 0.887. The van der Waals surface area contributed by atoms with Crippen molar-refractivity contribution in [1.82, 2.24) is 4.98 Å². The molecule has 2 nitrogen and oxygen atoms in total. The lowest BCUT2D eigenvalue weighted by atomic mass is 10.0. The number of pyridine rings is 1. The number of hydrogen-bond acceptors (Lipinski definition) is 2. The SMILES string of the molecule is CC/C(=C\c1cc(Cl)ccc1O)c1ccncc1. The van der Waals surface area contributed by atoms with Crippen molar-refractivity contribution >= 4 is 23.3 Å². The second-order valence-corrected chi connectivity index (χ2v) is 4.40. The van der Waals surface area contributed by atoms with Gasteiger partial charge in [0.05, 0.1) is 0 Å². The molecule has 18 heavy (non-hydrogen) atoms.